The Balaban J connectivity index is 1.63. The van der Waals surface area contributed by atoms with Crippen LogP contribution in [0.1, 0.15) is 52.4 Å². The molecule has 3 rings (SSSR count). The van der Waals surface area contributed by atoms with Gasteiger partial charge in [-0.05, 0) is 44.4 Å². The van der Waals surface area contributed by atoms with Gasteiger partial charge in [-0.15, -0.1) is 0 Å². The highest BCUT2D eigenvalue weighted by molar-refractivity contribution is 5.83. The molecular formula is C15H26N2O. The van der Waals surface area contributed by atoms with Gasteiger partial charge in [0.1, 0.15) is 0 Å². The number of nitrogens with zero attached hydrogens (tertiary/aromatic N) is 1. The number of carbonyl (C=O) groups is 1. The fourth-order valence-corrected chi connectivity index (χ4v) is 4.32. The zero-order valence-corrected chi connectivity index (χ0v) is 11.7. The third kappa shape index (κ3) is 2.18. The summed E-state index contributed by atoms with van der Waals surface area (Å²) in [5, 5.41) is 3.61. The highest BCUT2D eigenvalue weighted by Crippen LogP contribution is 2.34. The van der Waals surface area contributed by atoms with Crippen molar-refractivity contribution in [1.82, 2.24) is 10.2 Å². The summed E-state index contributed by atoms with van der Waals surface area (Å²) in [6, 6.07) is 1.19. The average molecular weight is 250 g/mol. The predicted octanol–water partition coefficient (Wildman–Crippen LogP) is 2.16. The molecule has 1 N–H and O–H groups in total. The van der Waals surface area contributed by atoms with Gasteiger partial charge in [0.05, 0.1) is 6.04 Å². The Labute approximate surface area is 110 Å². The number of hydrogen-bond acceptors (Lipinski definition) is 2. The molecule has 0 aromatic carbocycles. The van der Waals surface area contributed by atoms with Crippen molar-refractivity contribution in [2.24, 2.45) is 11.8 Å². The van der Waals surface area contributed by atoms with Gasteiger partial charge in [-0.1, -0.05) is 19.8 Å². The van der Waals surface area contributed by atoms with E-state index in [9.17, 15) is 4.79 Å². The van der Waals surface area contributed by atoms with Crippen molar-refractivity contribution < 1.29 is 4.79 Å². The maximum absolute atomic E-state index is 12.6. The second kappa shape index (κ2) is 4.84. The number of likely N-dealkylation sites (tertiary alicyclic amines) is 1. The molecule has 102 valence electrons. The Morgan fingerprint density at radius 3 is 2.61 bits per heavy atom. The average Bonchev–Trinajstić information content (AvgIpc) is 2.91. The van der Waals surface area contributed by atoms with Gasteiger partial charge < -0.3 is 10.2 Å². The fourth-order valence-electron chi connectivity index (χ4n) is 4.32. The van der Waals surface area contributed by atoms with Crippen LogP contribution in [-0.4, -0.2) is 35.5 Å². The topological polar surface area (TPSA) is 32.3 Å². The number of hydrogen-bond donors (Lipinski definition) is 1. The van der Waals surface area contributed by atoms with Gasteiger partial charge in [-0.3, -0.25) is 4.79 Å². The fraction of sp³-hybridized carbons (Fsp3) is 0.933. The van der Waals surface area contributed by atoms with Crippen molar-refractivity contribution in [3.8, 4) is 0 Å². The van der Waals surface area contributed by atoms with Gasteiger partial charge in [0, 0.05) is 18.6 Å². The van der Waals surface area contributed by atoms with Crippen LogP contribution in [0.4, 0.5) is 0 Å². The van der Waals surface area contributed by atoms with Crippen LogP contribution in [0.15, 0.2) is 0 Å². The van der Waals surface area contributed by atoms with Crippen LogP contribution in [0.25, 0.3) is 0 Å². The summed E-state index contributed by atoms with van der Waals surface area (Å²) in [5.74, 6) is 1.82. The SMILES string of the molecule is CC1CC(C)N(C(=O)C2CC3CCCCC3N2)C1. The minimum atomic E-state index is 0.117. The van der Waals surface area contributed by atoms with Gasteiger partial charge in [-0.2, -0.15) is 0 Å². The maximum Gasteiger partial charge on any atom is 0.239 e. The van der Waals surface area contributed by atoms with E-state index in [1.807, 2.05) is 0 Å². The van der Waals surface area contributed by atoms with E-state index < -0.39 is 0 Å². The van der Waals surface area contributed by atoms with Crippen LogP contribution in [0.3, 0.4) is 0 Å². The molecular weight excluding hydrogens is 224 g/mol. The molecule has 1 aliphatic carbocycles. The van der Waals surface area contributed by atoms with E-state index >= 15 is 0 Å². The molecule has 0 aromatic heterocycles. The second-order valence-corrected chi connectivity index (χ2v) is 6.79. The predicted molar refractivity (Wildman–Crippen MR) is 72.2 cm³/mol. The van der Waals surface area contributed by atoms with Crippen LogP contribution in [0, 0.1) is 11.8 Å². The molecule has 0 radical (unpaired) electrons. The number of carbonyl (C=O) groups excluding carboxylic acids is 1. The summed E-state index contributed by atoms with van der Waals surface area (Å²) in [7, 11) is 0. The molecule has 3 heteroatoms. The summed E-state index contributed by atoms with van der Waals surface area (Å²) in [6.07, 6.45) is 7.56. The lowest BCUT2D eigenvalue weighted by molar-refractivity contribution is -0.133. The number of nitrogens with one attached hydrogen (secondary N) is 1. The molecule has 2 aliphatic heterocycles. The van der Waals surface area contributed by atoms with E-state index in [0.717, 1.165) is 18.9 Å². The molecule has 3 nitrogen and oxygen atoms in total. The molecule has 0 spiro atoms. The van der Waals surface area contributed by atoms with Crippen molar-refractivity contribution in [3.05, 3.63) is 0 Å². The molecule has 5 atom stereocenters. The molecule has 2 saturated heterocycles. The Bertz CT molecular complexity index is 316. The molecule has 5 unspecified atom stereocenters. The number of fused-ring (bicyclic) bond motifs is 1. The van der Waals surface area contributed by atoms with E-state index in [-0.39, 0.29) is 6.04 Å². The summed E-state index contributed by atoms with van der Waals surface area (Å²) < 4.78 is 0. The standard InChI is InChI=1S/C15H26N2O/c1-10-7-11(2)17(9-10)15(18)14-8-12-5-3-4-6-13(12)16-14/h10-14,16H,3-9H2,1-2H3. The maximum atomic E-state index is 12.6. The molecule has 3 fully saturated rings. The van der Waals surface area contributed by atoms with Crippen LogP contribution in [0.2, 0.25) is 0 Å². The molecule has 1 amide bonds. The number of amides is 1. The normalized spacial score (nSPS) is 44.1. The first-order valence-electron chi connectivity index (χ1n) is 7.71. The smallest absolute Gasteiger partial charge is 0.239 e. The molecule has 0 bridgehead atoms. The Morgan fingerprint density at radius 2 is 1.94 bits per heavy atom. The quantitative estimate of drug-likeness (QED) is 0.773. The molecule has 18 heavy (non-hydrogen) atoms. The molecule has 2 heterocycles. The van der Waals surface area contributed by atoms with Crippen LogP contribution in [-0.2, 0) is 4.79 Å². The van der Waals surface area contributed by atoms with Gasteiger partial charge in [0.15, 0.2) is 0 Å². The third-order valence-electron chi connectivity index (χ3n) is 5.23. The minimum absolute atomic E-state index is 0.117. The summed E-state index contributed by atoms with van der Waals surface area (Å²) in [5.41, 5.74) is 0. The lowest BCUT2D eigenvalue weighted by atomic mass is 9.85. The van der Waals surface area contributed by atoms with E-state index in [0.29, 0.717) is 23.9 Å². The van der Waals surface area contributed by atoms with Gasteiger partial charge in [-0.25, -0.2) is 0 Å². The highest BCUT2D eigenvalue weighted by atomic mass is 16.2. The third-order valence-corrected chi connectivity index (χ3v) is 5.23. The molecule has 1 saturated carbocycles. The lowest BCUT2D eigenvalue weighted by Crippen LogP contribution is -2.46. The highest BCUT2D eigenvalue weighted by Gasteiger charge is 2.41. The van der Waals surface area contributed by atoms with Gasteiger partial charge in [0.2, 0.25) is 5.91 Å². The summed E-state index contributed by atoms with van der Waals surface area (Å²) >= 11 is 0. The zero-order valence-electron chi connectivity index (χ0n) is 11.7. The Hall–Kier alpha value is -0.570. The monoisotopic (exact) mass is 250 g/mol. The Kier molecular flexibility index (Phi) is 3.35. The van der Waals surface area contributed by atoms with Crippen molar-refractivity contribution in [2.45, 2.75) is 70.5 Å². The Morgan fingerprint density at radius 1 is 1.17 bits per heavy atom. The minimum Gasteiger partial charge on any atom is -0.338 e. The van der Waals surface area contributed by atoms with Crippen molar-refractivity contribution in [3.63, 3.8) is 0 Å². The van der Waals surface area contributed by atoms with Crippen LogP contribution in [0.5, 0.6) is 0 Å². The van der Waals surface area contributed by atoms with Gasteiger partial charge >= 0.3 is 0 Å². The van der Waals surface area contributed by atoms with E-state index in [1.54, 1.807) is 0 Å². The van der Waals surface area contributed by atoms with E-state index in [2.05, 4.69) is 24.1 Å². The molecule has 3 aliphatic rings. The van der Waals surface area contributed by atoms with Crippen molar-refractivity contribution in [1.29, 1.82) is 0 Å². The van der Waals surface area contributed by atoms with E-state index in [1.165, 1.54) is 32.1 Å². The second-order valence-electron chi connectivity index (χ2n) is 6.79. The summed E-state index contributed by atoms with van der Waals surface area (Å²) in [6.45, 7) is 5.42. The zero-order chi connectivity index (χ0) is 12.7. The van der Waals surface area contributed by atoms with Crippen LogP contribution >= 0.6 is 0 Å². The first-order valence-corrected chi connectivity index (χ1v) is 7.71. The lowest BCUT2D eigenvalue weighted by Gasteiger charge is -2.25. The van der Waals surface area contributed by atoms with E-state index in [4.69, 9.17) is 0 Å². The first-order chi connectivity index (χ1) is 8.65. The largest absolute Gasteiger partial charge is 0.338 e. The van der Waals surface area contributed by atoms with Gasteiger partial charge in [0.25, 0.3) is 0 Å². The van der Waals surface area contributed by atoms with Crippen LogP contribution < -0.4 is 5.32 Å². The molecule has 0 aromatic rings. The summed E-state index contributed by atoms with van der Waals surface area (Å²) in [4.78, 5) is 14.7. The first kappa shape index (κ1) is 12.5. The van der Waals surface area contributed by atoms with Crippen molar-refractivity contribution >= 4 is 5.91 Å². The number of rotatable bonds is 1. The van der Waals surface area contributed by atoms with Crippen molar-refractivity contribution in [2.75, 3.05) is 6.54 Å².